The summed E-state index contributed by atoms with van der Waals surface area (Å²) in [6, 6.07) is 3.60. The number of furan rings is 1. The highest BCUT2D eigenvalue weighted by molar-refractivity contribution is 5.81. The lowest BCUT2D eigenvalue weighted by Gasteiger charge is -2.30. The number of nitrogens with zero attached hydrogens (tertiary/aromatic N) is 2. The number of likely N-dealkylation sites (N-methyl/N-ethyl adjacent to an activating group) is 1. The Morgan fingerprint density at radius 3 is 3.05 bits per heavy atom. The number of hydrogen-bond acceptors (Lipinski definition) is 4. The molecule has 0 aliphatic carbocycles. The van der Waals surface area contributed by atoms with Crippen molar-refractivity contribution < 1.29 is 14.3 Å². The van der Waals surface area contributed by atoms with Crippen LogP contribution in [0.2, 0.25) is 0 Å². The minimum atomic E-state index is -0.0704. The number of rotatable bonds is 5. The molecule has 1 aliphatic rings. The molecule has 0 saturated carbocycles. The summed E-state index contributed by atoms with van der Waals surface area (Å²) in [5.74, 6) is 0.850. The zero-order chi connectivity index (χ0) is 14.4. The Bertz CT molecular complexity index is 405. The molecule has 0 unspecified atom stereocenters. The van der Waals surface area contributed by atoms with Crippen LogP contribution in [0.4, 0.5) is 0 Å². The summed E-state index contributed by atoms with van der Waals surface area (Å²) in [7, 11) is 2.01. The van der Waals surface area contributed by atoms with E-state index in [0.29, 0.717) is 13.1 Å². The molecule has 2 rings (SSSR count). The first kappa shape index (κ1) is 15.1. The number of likely N-dealkylation sites (tertiary alicyclic amines) is 1. The largest absolute Gasteiger partial charge is 0.467 e. The maximum absolute atomic E-state index is 12.7. The first-order valence-electron chi connectivity index (χ1n) is 7.34. The first-order valence-corrected chi connectivity index (χ1v) is 7.34. The van der Waals surface area contributed by atoms with Crippen molar-refractivity contribution in [1.82, 2.24) is 9.80 Å². The summed E-state index contributed by atoms with van der Waals surface area (Å²) in [4.78, 5) is 16.5. The Kier molecular flexibility index (Phi) is 5.61. The van der Waals surface area contributed by atoms with Gasteiger partial charge in [-0.1, -0.05) is 12.8 Å². The normalized spacial score (nSPS) is 20.6. The fourth-order valence-corrected chi connectivity index (χ4v) is 2.75. The van der Waals surface area contributed by atoms with Gasteiger partial charge in [-0.05, 0) is 38.6 Å². The summed E-state index contributed by atoms with van der Waals surface area (Å²) in [5, 5.41) is 9.20. The minimum absolute atomic E-state index is 0.0249. The van der Waals surface area contributed by atoms with Crippen LogP contribution in [0.5, 0.6) is 0 Å². The minimum Gasteiger partial charge on any atom is -0.467 e. The molecule has 20 heavy (non-hydrogen) atoms. The van der Waals surface area contributed by atoms with Gasteiger partial charge in [-0.2, -0.15) is 0 Å². The molecular weight excluding hydrogens is 256 g/mol. The van der Waals surface area contributed by atoms with Crippen LogP contribution < -0.4 is 0 Å². The van der Waals surface area contributed by atoms with Crippen molar-refractivity contribution in [2.24, 2.45) is 0 Å². The summed E-state index contributed by atoms with van der Waals surface area (Å²) in [6.07, 6.45) is 5.93. The molecule has 0 bridgehead atoms. The zero-order valence-corrected chi connectivity index (χ0v) is 12.1. The van der Waals surface area contributed by atoms with Crippen molar-refractivity contribution in [2.75, 3.05) is 26.7 Å². The quantitative estimate of drug-likeness (QED) is 0.887. The van der Waals surface area contributed by atoms with Gasteiger partial charge < -0.3 is 14.4 Å². The van der Waals surface area contributed by atoms with Crippen LogP contribution in [0.15, 0.2) is 22.8 Å². The van der Waals surface area contributed by atoms with E-state index in [1.54, 1.807) is 11.2 Å². The van der Waals surface area contributed by atoms with Gasteiger partial charge in [-0.3, -0.25) is 9.69 Å². The Morgan fingerprint density at radius 2 is 2.35 bits per heavy atom. The maximum Gasteiger partial charge on any atom is 0.240 e. The van der Waals surface area contributed by atoms with E-state index in [0.717, 1.165) is 31.6 Å². The van der Waals surface area contributed by atoms with Gasteiger partial charge in [0, 0.05) is 6.54 Å². The third-order valence-corrected chi connectivity index (χ3v) is 3.91. The molecule has 5 nitrogen and oxygen atoms in total. The summed E-state index contributed by atoms with van der Waals surface area (Å²) >= 11 is 0. The molecule has 1 saturated heterocycles. The highest BCUT2D eigenvalue weighted by Gasteiger charge is 2.28. The van der Waals surface area contributed by atoms with Gasteiger partial charge in [-0.15, -0.1) is 0 Å². The van der Waals surface area contributed by atoms with E-state index < -0.39 is 0 Å². The van der Waals surface area contributed by atoms with Crippen LogP contribution in [0.25, 0.3) is 0 Å². The second-order valence-corrected chi connectivity index (χ2v) is 5.41. The topological polar surface area (TPSA) is 56.9 Å². The van der Waals surface area contributed by atoms with Gasteiger partial charge in [0.15, 0.2) is 0 Å². The molecule has 1 aromatic rings. The van der Waals surface area contributed by atoms with Crippen molar-refractivity contribution >= 4 is 5.91 Å². The molecule has 1 aromatic heterocycles. The molecule has 112 valence electrons. The van der Waals surface area contributed by atoms with E-state index in [2.05, 4.69) is 4.90 Å². The van der Waals surface area contributed by atoms with Crippen molar-refractivity contribution in [1.29, 1.82) is 0 Å². The molecular formula is C15H24N2O3. The Morgan fingerprint density at radius 1 is 1.50 bits per heavy atom. The third kappa shape index (κ3) is 3.84. The Labute approximate surface area is 120 Å². The number of aliphatic hydroxyl groups excluding tert-OH is 1. The molecule has 2 heterocycles. The molecule has 1 aliphatic heterocycles. The molecule has 1 atom stereocenters. The van der Waals surface area contributed by atoms with Gasteiger partial charge in [0.05, 0.1) is 25.5 Å². The van der Waals surface area contributed by atoms with Crippen molar-refractivity contribution in [3.63, 3.8) is 0 Å². The molecule has 1 fully saturated rings. The number of aliphatic hydroxyl groups is 1. The number of amides is 1. The van der Waals surface area contributed by atoms with Crippen molar-refractivity contribution in [2.45, 2.75) is 38.3 Å². The van der Waals surface area contributed by atoms with E-state index in [4.69, 9.17) is 4.42 Å². The van der Waals surface area contributed by atoms with Gasteiger partial charge in [-0.25, -0.2) is 0 Å². The van der Waals surface area contributed by atoms with E-state index in [-0.39, 0.29) is 18.6 Å². The van der Waals surface area contributed by atoms with Crippen LogP contribution in [0.3, 0.4) is 0 Å². The van der Waals surface area contributed by atoms with Crippen LogP contribution in [0.1, 0.15) is 31.4 Å². The standard InChI is InChI=1S/C15H24N2O3/c1-16-8-4-2-3-7-14(16)15(19)17(9-10-18)12-13-6-5-11-20-13/h5-6,11,14,18H,2-4,7-10,12H2,1H3/t14-/m0/s1. The number of carbonyl (C=O) groups excluding carboxylic acids is 1. The summed E-state index contributed by atoms with van der Waals surface area (Å²) in [5.41, 5.74) is 0. The predicted molar refractivity (Wildman–Crippen MR) is 76.1 cm³/mol. The van der Waals surface area contributed by atoms with Crippen LogP contribution >= 0.6 is 0 Å². The van der Waals surface area contributed by atoms with E-state index >= 15 is 0 Å². The van der Waals surface area contributed by atoms with Gasteiger partial charge in [0.25, 0.3) is 0 Å². The highest BCUT2D eigenvalue weighted by Crippen LogP contribution is 2.18. The lowest BCUT2D eigenvalue weighted by molar-refractivity contribution is -0.138. The second-order valence-electron chi connectivity index (χ2n) is 5.41. The molecule has 5 heteroatoms. The third-order valence-electron chi connectivity index (χ3n) is 3.91. The fourth-order valence-electron chi connectivity index (χ4n) is 2.75. The Hall–Kier alpha value is -1.33. The van der Waals surface area contributed by atoms with Crippen molar-refractivity contribution in [3.8, 4) is 0 Å². The lowest BCUT2D eigenvalue weighted by Crippen LogP contribution is -2.47. The van der Waals surface area contributed by atoms with E-state index in [1.807, 2.05) is 19.2 Å². The smallest absolute Gasteiger partial charge is 0.240 e. The monoisotopic (exact) mass is 280 g/mol. The predicted octanol–water partition coefficient (Wildman–Crippen LogP) is 1.47. The Balaban J connectivity index is 2.04. The summed E-state index contributed by atoms with van der Waals surface area (Å²) < 4.78 is 5.31. The van der Waals surface area contributed by atoms with Crippen LogP contribution in [0, 0.1) is 0 Å². The second kappa shape index (κ2) is 7.45. The fraction of sp³-hybridized carbons (Fsp3) is 0.667. The van der Waals surface area contributed by atoms with E-state index in [1.165, 1.54) is 6.42 Å². The average molecular weight is 280 g/mol. The van der Waals surface area contributed by atoms with Crippen LogP contribution in [-0.4, -0.2) is 53.6 Å². The zero-order valence-electron chi connectivity index (χ0n) is 12.1. The number of hydrogen-bond donors (Lipinski definition) is 1. The number of carbonyl (C=O) groups is 1. The van der Waals surface area contributed by atoms with Gasteiger partial charge in [0.2, 0.25) is 5.91 Å². The molecule has 0 aromatic carbocycles. The lowest BCUT2D eigenvalue weighted by atomic mass is 10.1. The van der Waals surface area contributed by atoms with Crippen LogP contribution in [-0.2, 0) is 11.3 Å². The molecule has 0 radical (unpaired) electrons. The highest BCUT2D eigenvalue weighted by atomic mass is 16.3. The van der Waals surface area contributed by atoms with E-state index in [9.17, 15) is 9.90 Å². The molecule has 1 amide bonds. The SMILES string of the molecule is CN1CCCCC[C@H]1C(=O)N(CCO)Cc1ccco1. The average Bonchev–Trinajstić information content (AvgIpc) is 2.85. The molecule has 1 N–H and O–H groups in total. The van der Waals surface area contributed by atoms with Gasteiger partial charge >= 0.3 is 0 Å². The molecule has 0 spiro atoms. The van der Waals surface area contributed by atoms with Crippen molar-refractivity contribution in [3.05, 3.63) is 24.2 Å². The maximum atomic E-state index is 12.7. The van der Waals surface area contributed by atoms with Gasteiger partial charge in [0.1, 0.15) is 5.76 Å². The summed E-state index contributed by atoms with van der Waals surface area (Å²) in [6.45, 7) is 1.72. The first-order chi connectivity index (χ1) is 9.72.